The number of amides is 1. The van der Waals surface area contributed by atoms with Gasteiger partial charge in [0.2, 0.25) is 5.91 Å². The Morgan fingerprint density at radius 2 is 1.95 bits per heavy atom. The molecule has 1 aliphatic carbocycles. The van der Waals surface area contributed by atoms with Gasteiger partial charge in [-0.15, -0.1) is 0 Å². The Balaban J connectivity index is 2.39. The van der Waals surface area contributed by atoms with Gasteiger partial charge in [-0.25, -0.2) is 8.42 Å². The fourth-order valence-electron chi connectivity index (χ4n) is 2.80. The average molecular weight is 304 g/mol. The van der Waals surface area contributed by atoms with Crippen LogP contribution < -0.4 is 11.1 Å². The van der Waals surface area contributed by atoms with Gasteiger partial charge in [0.15, 0.2) is 9.84 Å². The van der Waals surface area contributed by atoms with Gasteiger partial charge in [0.1, 0.15) is 0 Å². The standard InChI is InChI=1S/C14H28N2O3S/c1-11(2)10-20(18,19)8-7-14(17)16-13-6-4-3-5-12(13)9-15/h11-13H,3-10,15H2,1-2H3,(H,16,17). The molecule has 2 unspecified atom stereocenters. The summed E-state index contributed by atoms with van der Waals surface area (Å²) in [6.45, 7) is 4.31. The van der Waals surface area contributed by atoms with Crippen LogP contribution in [0.1, 0.15) is 46.0 Å². The number of sulfone groups is 1. The summed E-state index contributed by atoms with van der Waals surface area (Å²) in [7, 11) is -3.12. The lowest BCUT2D eigenvalue weighted by molar-refractivity contribution is -0.122. The van der Waals surface area contributed by atoms with Crippen molar-refractivity contribution in [2.24, 2.45) is 17.6 Å². The minimum absolute atomic E-state index is 0.0584. The number of carbonyl (C=O) groups excluding carboxylic acids is 1. The minimum Gasteiger partial charge on any atom is -0.353 e. The van der Waals surface area contributed by atoms with E-state index in [1.54, 1.807) is 0 Å². The second-order valence-corrected chi connectivity index (χ2v) is 8.44. The van der Waals surface area contributed by atoms with Crippen LogP contribution in [-0.4, -0.2) is 38.4 Å². The normalized spacial score (nSPS) is 23.8. The lowest BCUT2D eigenvalue weighted by Gasteiger charge is -2.31. The van der Waals surface area contributed by atoms with Crippen LogP contribution >= 0.6 is 0 Å². The molecule has 1 fully saturated rings. The molecule has 0 radical (unpaired) electrons. The monoisotopic (exact) mass is 304 g/mol. The molecule has 0 heterocycles. The van der Waals surface area contributed by atoms with E-state index in [2.05, 4.69) is 5.32 Å². The van der Waals surface area contributed by atoms with Crippen molar-refractivity contribution in [2.45, 2.75) is 52.0 Å². The van der Waals surface area contributed by atoms with E-state index in [1.807, 2.05) is 13.8 Å². The molecule has 0 aromatic rings. The first-order valence-electron chi connectivity index (χ1n) is 7.54. The van der Waals surface area contributed by atoms with E-state index >= 15 is 0 Å². The number of carbonyl (C=O) groups is 1. The SMILES string of the molecule is CC(C)CS(=O)(=O)CCC(=O)NC1CCCCC1CN. The molecule has 1 saturated carbocycles. The molecule has 20 heavy (non-hydrogen) atoms. The summed E-state index contributed by atoms with van der Waals surface area (Å²) in [4.78, 5) is 11.9. The van der Waals surface area contributed by atoms with Gasteiger partial charge in [-0.05, 0) is 31.2 Å². The third kappa shape index (κ3) is 6.22. The smallest absolute Gasteiger partial charge is 0.221 e. The third-order valence-corrected chi connectivity index (χ3v) is 5.79. The molecule has 0 saturated heterocycles. The lowest BCUT2D eigenvalue weighted by atomic mass is 9.84. The maximum absolute atomic E-state index is 11.9. The lowest BCUT2D eigenvalue weighted by Crippen LogP contribution is -2.45. The molecule has 118 valence electrons. The van der Waals surface area contributed by atoms with Gasteiger partial charge in [0, 0.05) is 12.5 Å². The van der Waals surface area contributed by atoms with Crippen LogP contribution in [0.3, 0.4) is 0 Å². The van der Waals surface area contributed by atoms with Gasteiger partial charge in [-0.2, -0.15) is 0 Å². The number of nitrogens with two attached hydrogens (primary N) is 1. The average Bonchev–Trinajstić information content (AvgIpc) is 2.36. The molecule has 0 bridgehead atoms. The Morgan fingerprint density at radius 1 is 1.30 bits per heavy atom. The highest BCUT2D eigenvalue weighted by atomic mass is 32.2. The summed E-state index contributed by atoms with van der Waals surface area (Å²) >= 11 is 0. The molecule has 6 heteroatoms. The maximum atomic E-state index is 11.9. The third-order valence-electron chi connectivity index (χ3n) is 3.79. The van der Waals surface area contributed by atoms with E-state index < -0.39 is 9.84 Å². The van der Waals surface area contributed by atoms with Crippen molar-refractivity contribution in [2.75, 3.05) is 18.1 Å². The minimum atomic E-state index is -3.12. The summed E-state index contributed by atoms with van der Waals surface area (Å²) in [6, 6.07) is 0.119. The van der Waals surface area contributed by atoms with Crippen molar-refractivity contribution < 1.29 is 13.2 Å². The Kier molecular flexibility index (Phi) is 6.95. The van der Waals surface area contributed by atoms with E-state index in [-0.39, 0.29) is 35.8 Å². The summed E-state index contributed by atoms with van der Waals surface area (Å²) in [6.07, 6.45) is 4.33. The quantitative estimate of drug-likeness (QED) is 0.736. The van der Waals surface area contributed by atoms with Crippen LogP contribution in [0, 0.1) is 11.8 Å². The number of hydrogen-bond donors (Lipinski definition) is 2. The van der Waals surface area contributed by atoms with Crippen molar-refractivity contribution in [3.63, 3.8) is 0 Å². The highest BCUT2D eigenvalue weighted by Gasteiger charge is 2.25. The van der Waals surface area contributed by atoms with E-state index in [9.17, 15) is 13.2 Å². The van der Waals surface area contributed by atoms with Gasteiger partial charge >= 0.3 is 0 Å². The van der Waals surface area contributed by atoms with Crippen LogP contribution in [-0.2, 0) is 14.6 Å². The zero-order valence-corrected chi connectivity index (χ0v) is 13.4. The molecule has 0 aromatic carbocycles. The van der Waals surface area contributed by atoms with Crippen LogP contribution in [0.15, 0.2) is 0 Å². The van der Waals surface area contributed by atoms with Crippen molar-refractivity contribution >= 4 is 15.7 Å². The summed E-state index contributed by atoms with van der Waals surface area (Å²) in [5, 5.41) is 2.96. The molecule has 0 spiro atoms. The Bertz CT molecular complexity index is 407. The fraction of sp³-hybridized carbons (Fsp3) is 0.929. The van der Waals surface area contributed by atoms with E-state index in [0.717, 1.165) is 25.7 Å². The van der Waals surface area contributed by atoms with Crippen molar-refractivity contribution in [3.05, 3.63) is 0 Å². The molecule has 1 aliphatic rings. The van der Waals surface area contributed by atoms with Crippen LogP contribution in [0.2, 0.25) is 0 Å². The molecular formula is C14H28N2O3S. The number of nitrogens with one attached hydrogen (secondary N) is 1. The fourth-order valence-corrected chi connectivity index (χ4v) is 4.48. The molecule has 1 rings (SSSR count). The second-order valence-electron chi connectivity index (χ2n) is 6.21. The Morgan fingerprint density at radius 3 is 2.55 bits per heavy atom. The molecule has 3 N–H and O–H groups in total. The highest BCUT2D eigenvalue weighted by Crippen LogP contribution is 2.23. The Labute approximate surface area is 122 Å². The second kappa shape index (κ2) is 7.98. The van der Waals surface area contributed by atoms with E-state index in [0.29, 0.717) is 12.5 Å². The summed E-state index contributed by atoms with van der Waals surface area (Å²) in [5.74, 6) is 0.359. The topological polar surface area (TPSA) is 89.3 Å². The number of hydrogen-bond acceptors (Lipinski definition) is 4. The van der Waals surface area contributed by atoms with Gasteiger partial charge < -0.3 is 11.1 Å². The molecule has 2 atom stereocenters. The van der Waals surface area contributed by atoms with E-state index in [1.165, 1.54) is 0 Å². The first-order chi connectivity index (χ1) is 9.34. The van der Waals surface area contributed by atoms with E-state index in [4.69, 9.17) is 5.73 Å². The van der Waals surface area contributed by atoms with Crippen molar-refractivity contribution in [1.82, 2.24) is 5.32 Å². The van der Waals surface area contributed by atoms with Gasteiger partial charge in [-0.3, -0.25) is 4.79 Å². The highest BCUT2D eigenvalue weighted by molar-refractivity contribution is 7.91. The number of rotatable bonds is 7. The van der Waals surface area contributed by atoms with Crippen LogP contribution in [0.5, 0.6) is 0 Å². The van der Waals surface area contributed by atoms with Crippen LogP contribution in [0.25, 0.3) is 0 Å². The zero-order valence-electron chi connectivity index (χ0n) is 12.6. The van der Waals surface area contributed by atoms with Gasteiger partial charge in [0.05, 0.1) is 11.5 Å². The molecule has 5 nitrogen and oxygen atoms in total. The van der Waals surface area contributed by atoms with Crippen molar-refractivity contribution in [3.8, 4) is 0 Å². The summed E-state index contributed by atoms with van der Waals surface area (Å²) in [5.41, 5.74) is 5.72. The zero-order chi connectivity index (χ0) is 15.2. The molecule has 1 amide bonds. The van der Waals surface area contributed by atoms with Crippen molar-refractivity contribution in [1.29, 1.82) is 0 Å². The maximum Gasteiger partial charge on any atom is 0.221 e. The molecule has 0 aromatic heterocycles. The first kappa shape index (κ1) is 17.4. The largest absolute Gasteiger partial charge is 0.353 e. The predicted molar refractivity (Wildman–Crippen MR) is 81.1 cm³/mol. The molecular weight excluding hydrogens is 276 g/mol. The summed E-state index contributed by atoms with van der Waals surface area (Å²) < 4.78 is 23.5. The predicted octanol–water partition coefficient (Wildman–Crippen LogP) is 1.08. The first-order valence-corrected chi connectivity index (χ1v) is 9.36. The van der Waals surface area contributed by atoms with Gasteiger partial charge in [-0.1, -0.05) is 26.7 Å². The van der Waals surface area contributed by atoms with Crippen LogP contribution in [0.4, 0.5) is 0 Å². The molecule has 0 aliphatic heterocycles. The van der Waals surface area contributed by atoms with Gasteiger partial charge in [0.25, 0.3) is 0 Å². The Hall–Kier alpha value is -0.620.